The van der Waals surface area contributed by atoms with Crippen molar-refractivity contribution in [3.05, 3.63) is 0 Å². The van der Waals surface area contributed by atoms with Crippen LogP contribution >= 0.6 is 7.77 Å². The van der Waals surface area contributed by atoms with E-state index in [1.54, 1.807) is 0 Å². The number of rotatable bonds is 3. The molecule has 2 nitrogen and oxygen atoms in total. The molecule has 0 radical (unpaired) electrons. The van der Waals surface area contributed by atoms with Gasteiger partial charge in [0.05, 0.1) is 7.77 Å². The van der Waals surface area contributed by atoms with Crippen molar-refractivity contribution in [2.75, 3.05) is 6.16 Å². The lowest BCUT2D eigenvalue weighted by molar-refractivity contribution is -0.152. The predicted molar refractivity (Wildman–Crippen MR) is 47.5 cm³/mol. The van der Waals surface area contributed by atoms with Crippen LogP contribution < -0.4 is 4.89 Å². The summed E-state index contributed by atoms with van der Waals surface area (Å²) >= 11 is 0. The van der Waals surface area contributed by atoms with Crippen LogP contribution in [-0.2, 0) is 0 Å². The smallest absolute Gasteiger partial charge is 0.193 e. The minimum atomic E-state index is -1.37. The molecule has 0 rings (SSSR count). The molecule has 0 heterocycles. The predicted octanol–water partition coefficient (Wildman–Crippen LogP) is 1.51. The zero-order chi connectivity index (χ0) is 8.85. The molecule has 1 unspecified atom stereocenters. The Labute approximate surface area is 69.3 Å². The first-order valence-electron chi connectivity index (χ1n) is 3.82. The third kappa shape index (κ3) is 4.14. The highest BCUT2D eigenvalue weighted by Gasteiger charge is 2.09. The van der Waals surface area contributed by atoms with Gasteiger partial charge < -0.3 is 4.89 Å². The molecule has 0 spiro atoms. The van der Waals surface area contributed by atoms with Crippen LogP contribution in [0.15, 0.2) is 0 Å². The molecule has 1 atom stereocenters. The summed E-state index contributed by atoms with van der Waals surface area (Å²) in [5.41, 5.74) is 0. The van der Waals surface area contributed by atoms with Crippen molar-refractivity contribution in [2.24, 2.45) is 5.92 Å². The minimum absolute atomic E-state index is 0.426. The Hall–Kier alpha value is -0.380. The van der Waals surface area contributed by atoms with Crippen LogP contribution in [0.1, 0.15) is 27.2 Å². The number of hydrogen-bond donors (Lipinski definition) is 0. The number of nitrogens with zero attached hydrogens (tertiary/aromatic N) is 1. The van der Waals surface area contributed by atoms with Crippen molar-refractivity contribution in [1.29, 1.82) is 5.26 Å². The molecule has 0 fully saturated rings. The quantitative estimate of drug-likeness (QED) is 0.604. The maximum Gasteiger partial charge on any atom is 0.193 e. The van der Waals surface area contributed by atoms with E-state index in [1.165, 1.54) is 0 Å². The highest BCUT2D eigenvalue weighted by molar-refractivity contribution is 7.52. The second-order valence-electron chi connectivity index (χ2n) is 2.85. The van der Waals surface area contributed by atoms with E-state index in [0.29, 0.717) is 23.8 Å². The van der Waals surface area contributed by atoms with E-state index < -0.39 is 7.77 Å². The number of hydrogen-bond acceptors (Lipinski definition) is 2. The summed E-state index contributed by atoms with van der Waals surface area (Å²) in [6, 6.07) is 2.02. The first kappa shape index (κ1) is 10.6. The molecule has 0 aromatic rings. The molecule has 0 aromatic carbocycles. The molecule has 62 valence electrons. The fourth-order valence-corrected chi connectivity index (χ4v) is 1.84. The van der Waals surface area contributed by atoms with Gasteiger partial charge in [-0.2, -0.15) is 5.26 Å². The largest absolute Gasteiger partial charge is 0.630 e. The standard InChI is InChI=1S/C8H14NOP/c1-4-11(10)8(6-9)5-7(2)3/h7H,4-5H2,1-3H3. The van der Waals surface area contributed by atoms with Gasteiger partial charge in [0.25, 0.3) is 0 Å². The molecular formula is C8H14NOP. The lowest BCUT2D eigenvalue weighted by atomic mass is 10.1. The zero-order valence-corrected chi connectivity index (χ0v) is 8.19. The minimum Gasteiger partial charge on any atom is -0.630 e. The van der Waals surface area contributed by atoms with Gasteiger partial charge in [0.1, 0.15) is 12.2 Å². The zero-order valence-electron chi connectivity index (χ0n) is 7.29. The normalized spacial score (nSPS) is 12.7. The molecule has 0 amide bonds. The van der Waals surface area contributed by atoms with E-state index in [2.05, 4.69) is 0 Å². The van der Waals surface area contributed by atoms with Crippen molar-refractivity contribution >= 4 is 13.1 Å². The lowest BCUT2D eigenvalue weighted by Gasteiger charge is -2.01. The van der Waals surface area contributed by atoms with Gasteiger partial charge in [-0.05, 0) is 12.8 Å². The van der Waals surface area contributed by atoms with Gasteiger partial charge in [0, 0.05) is 6.42 Å². The summed E-state index contributed by atoms with van der Waals surface area (Å²) in [5.74, 6) is 0.426. The maximum atomic E-state index is 11.2. The maximum absolute atomic E-state index is 11.2. The SMILES string of the molecule is CC[P+]([O-])=C(C#N)CC(C)C. The van der Waals surface area contributed by atoms with Gasteiger partial charge >= 0.3 is 0 Å². The molecule has 0 N–H and O–H groups in total. The molecule has 3 heteroatoms. The van der Waals surface area contributed by atoms with E-state index in [4.69, 9.17) is 5.26 Å². The Morgan fingerprint density at radius 3 is 2.45 bits per heavy atom. The first-order chi connectivity index (χ1) is 5.11. The van der Waals surface area contributed by atoms with Gasteiger partial charge in [0.2, 0.25) is 0 Å². The van der Waals surface area contributed by atoms with Crippen molar-refractivity contribution < 1.29 is 4.89 Å². The highest BCUT2D eigenvalue weighted by Crippen LogP contribution is 2.17. The van der Waals surface area contributed by atoms with Crippen molar-refractivity contribution in [3.63, 3.8) is 0 Å². The molecule has 0 saturated heterocycles. The molecule has 0 aliphatic carbocycles. The highest BCUT2D eigenvalue weighted by atomic mass is 31.1. The Morgan fingerprint density at radius 2 is 2.18 bits per heavy atom. The van der Waals surface area contributed by atoms with Crippen molar-refractivity contribution in [1.82, 2.24) is 0 Å². The average Bonchev–Trinajstić information content (AvgIpc) is 1.98. The van der Waals surface area contributed by atoms with Crippen LogP contribution in [0.2, 0.25) is 0 Å². The van der Waals surface area contributed by atoms with Crippen molar-refractivity contribution in [3.8, 4) is 6.07 Å². The molecule has 0 aliphatic heterocycles. The van der Waals surface area contributed by atoms with Crippen LogP contribution in [0.3, 0.4) is 0 Å². The second-order valence-corrected chi connectivity index (χ2v) is 4.78. The van der Waals surface area contributed by atoms with Crippen LogP contribution in [-0.4, -0.2) is 11.5 Å². The monoisotopic (exact) mass is 171 g/mol. The Morgan fingerprint density at radius 1 is 1.64 bits per heavy atom. The van der Waals surface area contributed by atoms with E-state index in [-0.39, 0.29) is 0 Å². The third-order valence-electron chi connectivity index (χ3n) is 1.32. The second kappa shape index (κ2) is 5.29. The summed E-state index contributed by atoms with van der Waals surface area (Å²) in [5, 5.41) is 9.17. The molecule has 11 heavy (non-hydrogen) atoms. The molecule has 0 aliphatic rings. The van der Waals surface area contributed by atoms with Crippen LogP contribution in [0, 0.1) is 17.2 Å². The molecule has 0 bridgehead atoms. The van der Waals surface area contributed by atoms with Crippen LogP contribution in [0.4, 0.5) is 0 Å². The third-order valence-corrected chi connectivity index (χ3v) is 2.78. The summed E-state index contributed by atoms with van der Waals surface area (Å²) in [7, 11) is -1.37. The summed E-state index contributed by atoms with van der Waals surface area (Å²) in [6.45, 7) is 5.89. The fraction of sp³-hybridized carbons (Fsp3) is 0.750. The molecule has 0 aromatic heterocycles. The Bertz CT molecular complexity index is 191. The lowest BCUT2D eigenvalue weighted by Crippen LogP contribution is -2.05. The van der Waals surface area contributed by atoms with Crippen LogP contribution in [0.25, 0.3) is 0 Å². The summed E-state index contributed by atoms with van der Waals surface area (Å²) in [6.07, 6.45) is 1.27. The van der Waals surface area contributed by atoms with Gasteiger partial charge in [0.15, 0.2) is 5.29 Å². The van der Waals surface area contributed by atoms with E-state index >= 15 is 0 Å². The van der Waals surface area contributed by atoms with E-state index in [0.717, 1.165) is 0 Å². The summed E-state index contributed by atoms with van der Waals surface area (Å²) in [4.78, 5) is 11.2. The van der Waals surface area contributed by atoms with Gasteiger partial charge in [-0.15, -0.1) is 0 Å². The van der Waals surface area contributed by atoms with Gasteiger partial charge in [-0.3, -0.25) is 0 Å². The number of nitriles is 1. The van der Waals surface area contributed by atoms with E-state index in [9.17, 15) is 4.89 Å². The van der Waals surface area contributed by atoms with Crippen molar-refractivity contribution in [2.45, 2.75) is 27.2 Å². The Balaban J connectivity index is 4.30. The fourth-order valence-electron chi connectivity index (χ4n) is 0.781. The first-order valence-corrected chi connectivity index (χ1v) is 5.26. The average molecular weight is 171 g/mol. The molecule has 0 saturated carbocycles. The van der Waals surface area contributed by atoms with Crippen LogP contribution in [0.5, 0.6) is 0 Å². The molecular weight excluding hydrogens is 157 g/mol. The Kier molecular flexibility index (Phi) is 5.11. The topological polar surface area (TPSA) is 46.8 Å². The van der Waals surface area contributed by atoms with E-state index in [1.807, 2.05) is 26.8 Å². The van der Waals surface area contributed by atoms with Gasteiger partial charge in [-0.1, -0.05) is 13.8 Å². The van der Waals surface area contributed by atoms with Gasteiger partial charge in [-0.25, -0.2) is 0 Å². The summed E-state index contributed by atoms with van der Waals surface area (Å²) < 4.78 is 0.